The van der Waals surface area contributed by atoms with Crippen molar-refractivity contribution in [3.63, 3.8) is 0 Å². The van der Waals surface area contributed by atoms with Gasteiger partial charge in [0.2, 0.25) is 0 Å². The minimum atomic E-state index is -0.571. The van der Waals surface area contributed by atoms with Crippen LogP contribution in [0.1, 0.15) is 32.1 Å². The zero-order chi connectivity index (χ0) is 10.9. The molecule has 0 spiro atoms. The third kappa shape index (κ3) is 0.847. The normalized spacial score (nSPS) is 55.9. The van der Waals surface area contributed by atoms with E-state index in [0.717, 1.165) is 23.7 Å². The Morgan fingerprint density at radius 1 is 1.31 bits per heavy atom. The molecule has 4 aliphatic rings. The van der Waals surface area contributed by atoms with Crippen LogP contribution < -0.4 is 0 Å². The molecule has 16 heavy (non-hydrogen) atoms. The van der Waals surface area contributed by atoms with E-state index in [9.17, 15) is 9.90 Å². The van der Waals surface area contributed by atoms with Crippen molar-refractivity contribution in [3.8, 4) is 0 Å². The van der Waals surface area contributed by atoms with E-state index >= 15 is 0 Å². The third-order valence-electron chi connectivity index (χ3n) is 6.09. The van der Waals surface area contributed by atoms with Gasteiger partial charge in [-0.05, 0) is 60.7 Å². The molecule has 2 heteroatoms. The lowest BCUT2D eigenvalue weighted by molar-refractivity contribution is -0.142. The molecule has 0 aromatic carbocycles. The van der Waals surface area contributed by atoms with Gasteiger partial charge in [0.05, 0.1) is 6.42 Å². The van der Waals surface area contributed by atoms with E-state index in [1.54, 1.807) is 0 Å². The molecule has 0 saturated heterocycles. The maximum Gasteiger partial charge on any atom is 0.303 e. The van der Waals surface area contributed by atoms with Gasteiger partial charge in [-0.25, -0.2) is 0 Å². The van der Waals surface area contributed by atoms with Gasteiger partial charge in [-0.2, -0.15) is 0 Å². The van der Waals surface area contributed by atoms with Crippen molar-refractivity contribution in [3.05, 3.63) is 12.2 Å². The SMILES string of the molecule is O=C(O)CC12C3C=CC(C3)C1C1CCC2C1. The zero-order valence-corrected chi connectivity index (χ0v) is 9.43. The molecule has 0 aromatic heterocycles. The Morgan fingerprint density at radius 2 is 2.19 bits per heavy atom. The molecule has 0 aromatic rings. The predicted molar refractivity (Wildman–Crippen MR) is 59.7 cm³/mol. The fraction of sp³-hybridized carbons (Fsp3) is 0.786. The second kappa shape index (κ2) is 2.72. The molecular formula is C14H18O2. The van der Waals surface area contributed by atoms with Gasteiger partial charge >= 0.3 is 5.97 Å². The average molecular weight is 218 g/mol. The van der Waals surface area contributed by atoms with Crippen molar-refractivity contribution >= 4 is 5.97 Å². The van der Waals surface area contributed by atoms with Gasteiger partial charge in [-0.3, -0.25) is 4.79 Å². The lowest BCUT2D eigenvalue weighted by atomic mass is 9.59. The number of carboxylic acid groups (broad SMARTS) is 1. The Labute approximate surface area is 95.7 Å². The highest BCUT2D eigenvalue weighted by Gasteiger charge is 2.67. The van der Waals surface area contributed by atoms with Gasteiger partial charge < -0.3 is 5.11 Å². The summed E-state index contributed by atoms with van der Waals surface area (Å²) < 4.78 is 0. The Balaban J connectivity index is 1.81. The number of allylic oxidation sites excluding steroid dienone is 2. The summed E-state index contributed by atoms with van der Waals surface area (Å²) in [4.78, 5) is 11.2. The molecule has 1 N–H and O–H groups in total. The average Bonchev–Trinajstić information content (AvgIpc) is 2.94. The predicted octanol–water partition coefficient (Wildman–Crippen LogP) is 2.70. The summed E-state index contributed by atoms with van der Waals surface area (Å²) in [5.74, 6) is 3.03. The maximum absolute atomic E-state index is 11.2. The van der Waals surface area contributed by atoms with Crippen LogP contribution in [-0.2, 0) is 4.79 Å². The molecule has 2 nitrogen and oxygen atoms in total. The molecular weight excluding hydrogens is 200 g/mol. The molecule has 0 radical (unpaired) electrons. The molecule has 0 aliphatic heterocycles. The van der Waals surface area contributed by atoms with Crippen LogP contribution in [0, 0.1) is 35.0 Å². The molecule has 4 rings (SSSR count). The van der Waals surface area contributed by atoms with Gasteiger partial charge in [0, 0.05) is 0 Å². The van der Waals surface area contributed by atoms with Gasteiger partial charge in [0.25, 0.3) is 0 Å². The van der Waals surface area contributed by atoms with Crippen LogP contribution in [0.5, 0.6) is 0 Å². The first-order chi connectivity index (χ1) is 7.72. The Hall–Kier alpha value is -0.790. The molecule has 3 saturated carbocycles. The monoisotopic (exact) mass is 218 g/mol. The number of fused-ring (bicyclic) bond motifs is 9. The first-order valence-corrected chi connectivity index (χ1v) is 6.62. The quantitative estimate of drug-likeness (QED) is 0.571. The molecule has 4 bridgehead atoms. The second-order valence-electron chi connectivity index (χ2n) is 6.37. The summed E-state index contributed by atoms with van der Waals surface area (Å²) in [6.07, 6.45) is 10.4. The summed E-state index contributed by atoms with van der Waals surface area (Å²) in [6.45, 7) is 0. The van der Waals surface area contributed by atoms with E-state index in [0.29, 0.717) is 12.3 Å². The van der Waals surface area contributed by atoms with Gasteiger partial charge in [0.15, 0.2) is 0 Å². The fourth-order valence-electron chi connectivity index (χ4n) is 5.89. The van der Waals surface area contributed by atoms with Crippen LogP contribution in [0.15, 0.2) is 12.2 Å². The lowest BCUT2D eigenvalue weighted by Crippen LogP contribution is -2.41. The van der Waals surface area contributed by atoms with Gasteiger partial charge in [0.1, 0.15) is 0 Å². The summed E-state index contributed by atoms with van der Waals surface area (Å²) >= 11 is 0. The van der Waals surface area contributed by atoms with Crippen LogP contribution in [0.25, 0.3) is 0 Å². The van der Waals surface area contributed by atoms with Crippen molar-refractivity contribution in [1.82, 2.24) is 0 Å². The van der Waals surface area contributed by atoms with Crippen LogP contribution in [0.2, 0.25) is 0 Å². The molecule has 0 heterocycles. The van der Waals surface area contributed by atoms with Gasteiger partial charge in [-0.1, -0.05) is 12.2 Å². The second-order valence-corrected chi connectivity index (χ2v) is 6.37. The van der Waals surface area contributed by atoms with E-state index in [1.165, 1.54) is 25.7 Å². The highest BCUT2D eigenvalue weighted by molar-refractivity contribution is 5.68. The molecule has 6 atom stereocenters. The minimum absolute atomic E-state index is 0.175. The van der Waals surface area contributed by atoms with Crippen LogP contribution in [0.3, 0.4) is 0 Å². The van der Waals surface area contributed by atoms with E-state index in [-0.39, 0.29) is 5.41 Å². The van der Waals surface area contributed by atoms with Crippen molar-refractivity contribution in [2.45, 2.75) is 32.1 Å². The summed E-state index contributed by atoms with van der Waals surface area (Å²) in [6, 6.07) is 0. The standard InChI is InChI=1S/C14H18O2/c15-12(16)7-14-10-3-1-8(5-10)13(14)9-2-4-11(14)6-9/h1,3,8-11,13H,2,4-7H2,(H,15,16). The van der Waals surface area contributed by atoms with E-state index in [2.05, 4.69) is 12.2 Å². The van der Waals surface area contributed by atoms with Crippen molar-refractivity contribution in [1.29, 1.82) is 0 Å². The van der Waals surface area contributed by atoms with E-state index < -0.39 is 5.97 Å². The Morgan fingerprint density at radius 3 is 3.00 bits per heavy atom. The highest BCUT2D eigenvalue weighted by atomic mass is 16.4. The summed E-state index contributed by atoms with van der Waals surface area (Å²) in [5, 5.41) is 9.25. The summed E-state index contributed by atoms with van der Waals surface area (Å²) in [5.41, 5.74) is 0.175. The highest BCUT2D eigenvalue weighted by Crippen LogP contribution is 2.73. The first kappa shape index (κ1) is 9.26. The Bertz CT molecular complexity index is 386. The lowest BCUT2D eigenvalue weighted by Gasteiger charge is -2.44. The molecule has 86 valence electrons. The molecule has 4 aliphatic carbocycles. The van der Waals surface area contributed by atoms with Crippen LogP contribution >= 0.6 is 0 Å². The van der Waals surface area contributed by atoms with Crippen LogP contribution in [-0.4, -0.2) is 11.1 Å². The fourth-order valence-corrected chi connectivity index (χ4v) is 5.89. The van der Waals surface area contributed by atoms with E-state index in [1.807, 2.05) is 0 Å². The molecule has 3 fully saturated rings. The van der Waals surface area contributed by atoms with Crippen molar-refractivity contribution in [2.75, 3.05) is 0 Å². The molecule has 6 unspecified atom stereocenters. The van der Waals surface area contributed by atoms with Gasteiger partial charge in [-0.15, -0.1) is 0 Å². The minimum Gasteiger partial charge on any atom is -0.481 e. The van der Waals surface area contributed by atoms with E-state index in [4.69, 9.17) is 0 Å². The van der Waals surface area contributed by atoms with Crippen molar-refractivity contribution < 1.29 is 9.90 Å². The number of aliphatic carboxylic acids is 1. The number of carbonyl (C=O) groups is 1. The molecule has 0 amide bonds. The third-order valence-corrected chi connectivity index (χ3v) is 6.09. The maximum atomic E-state index is 11.2. The topological polar surface area (TPSA) is 37.3 Å². The number of rotatable bonds is 2. The largest absolute Gasteiger partial charge is 0.481 e. The van der Waals surface area contributed by atoms with Crippen molar-refractivity contribution in [2.24, 2.45) is 35.0 Å². The Kier molecular flexibility index (Phi) is 1.57. The zero-order valence-electron chi connectivity index (χ0n) is 9.43. The smallest absolute Gasteiger partial charge is 0.303 e. The first-order valence-electron chi connectivity index (χ1n) is 6.62. The van der Waals surface area contributed by atoms with Crippen LogP contribution in [0.4, 0.5) is 0 Å². The number of hydrogen-bond donors (Lipinski definition) is 1. The summed E-state index contributed by atoms with van der Waals surface area (Å²) in [7, 11) is 0. The number of hydrogen-bond acceptors (Lipinski definition) is 1. The number of carboxylic acids is 1.